The van der Waals surface area contributed by atoms with Crippen molar-refractivity contribution < 1.29 is 4.74 Å². The van der Waals surface area contributed by atoms with Crippen LogP contribution in [0.3, 0.4) is 0 Å². The van der Waals surface area contributed by atoms with Gasteiger partial charge in [-0.3, -0.25) is 0 Å². The van der Waals surface area contributed by atoms with Gasteiger partial charge >= 0.3 is 0 Å². The zero-order chi connectivity index (χ0) is 12.7. The molecule has 0 saturated heterocycles. The Labute approximate surface area is 117 Å². The van der Waals surface area contributed by atoms with Crippen molar-refractivity contribution in [2.45, 2.75) is 20.3 Å². The Morgan fingerprint density at radius 3 is 2.76 bits per heavy atom. The van der Waals surface area contributed by atoms with Gasteiger partial charge in [0, 0.05) is 11.6 Å². The zero-order valence-corrected chi connectivity index (χ0v) is 12.6. The average molecular weight is 321 g/mol. The fraction of sp³-hybridized carbons (Fsp3) is 0.538. The van der Waals surface area contributed by atoms with E-state index in [1.807, 2.05) is 18.2 Å². The van der Waals surface area contributed by atoms with Gasteiger partial charge in [-0.05, 0) is 53.0 Å². The molecule has 96 valence electrons. The monoisotopic (exact) mass is 319 g/mol. The highest BCUT2D eigenvalue weighted by atomic mass is 79.9. The molecule has 0 amide bonds. The van der Waals surface area contributed by atoms with Gasteiger partial charge in [0.2, 0.25) is 0 Å². The van der Waals surface area contributed by atoms with Crippen LogP contribution in [0.25, 0.3) is 0 Å². The molecule has 1 rings (SSSR count). The maximum absolute atomic E-state index is 5.85. The molecule has 0 fully saturated rings. The molecular formula is C13H19BrClNO. The molecular weight excluding hydrogens is 302 g/mol. The quantitative estimate of drug-likeness (QED) is 0.763. The van der Waals surface area contributed by atoms with Crippen LogP contribution in [-0.2, 0) is 0 Å². The van der Waals surface area contributed by atoms with Crippen molar-refractivity contribution >= 4 is 27.5 Å². The highest BCUT2D eigenvalue weighted by molar-refractivity contribution is 9.10. The lowest BCUT2D eigenvalue weighted by Gasteiger charge is -2.10. The summed E-state index contributed by atoms with van der Waals surface area (Å²) in [6.45, 7) is 7.02. The molecule has 0 radical (unpaired) electrons. The first-order valence-electron chi connectivity index (χ1n) is 5.88. The predicted octanol–water partition coefficient (Wildman–Crippen LogP) is 4.12. The molecule has 0 aliphatic carbocycles. The van der Waals surface area contributed by atoms with Crippen LogP contribution in [0.15, 0.2) is 22.7 Å². The van der Waals surface area contributed by atoms with E-state index in [-0.39, 0.29) is 0 Å². The Hall–Kier alpha value is -0.250. The third kappa shape index (κ3) is 6.29. The van der Waals surface area contributed by atoms with Gasteiger partial charge < -0.3 is 10.1 Å². The number of benzene rings is 1. The van der Waals surface area contributed by atoms with Crippen LogP contribution >= 0.6 is 27.5 Å². The predicted molar refractivity (Wildman–Crippen MR) is 77.0 cm³/mol. The smallest absolute Gasteiger partial charge is 0.133 e. The Morgan fingerprint density at radius 1 is 1.35 bits per heavy atom. The molecule has 17 heavy (non-hydrogen) atoms. The van der Waals surface area contributed by atoms with Crippen molar-refractivity contribution in [3.05, 3.63) is 27.7 Å². The van der Waals surface area contributed by atoms with E-state index in [1.54, 1.807) is 0 Å². The van der Waals surface area contributed by atoms with E-state index >= 15 is 0 Å². The minimum Gasteiger partial charge on any atom is -0.491 e. The largest absolute Gasteiger partial charge is 0.491 e. The molecule has 1 aromatic carbocycles. The molecule has 4 heteroatoms. The lowest BCUT2D eigenvalue weighted by atomic mass is 10.1. The van der Waals surface area contributed by atoms with E-state index in [0.717, 1.165) is 29.2 Å². The first-order chi connectivity index (χ1) is 8.09. The van der Waals surface area contributed by atoms with Crippen LogP contribution in [0.1, 0.15) is 20.3 Å². The van der Waals surface area contributed by atoms with Crippen molar-refractivity contribution in [3.63, 3.8) is 0 Å². The lowest BCUT2D eigenvalue weighted by Crippen LogP contribution is -2.23. The number of halogens is 2. The Bertz CT molecular complexity index is 344. The number of rotatable bonds is 7. The van der Waals surface area contributed by atoms with E-state index in [0.29, 0.717) is 11.6 Å². The van der Waals surface area contributed by atoms with Gasteiger partial charge in [-0.25, -0.2) is 0 Å². The lowest BCUT2D eigenvalue weighted by molar-refractivity contribution is 0.310. The zero-order valence-electron chi connectivity index (χ0n) is 10.3. The molecule has 0 unspecified atom stereocenters. The molecule has 0 spiro atoms. The molecule has 0 aliphatic heterocycles. The number of hydrogen-bond donors (Lipinski definition) is 1. The van der Waals surface area contributed by atoms with Crippen molar-refractivity contribution in [1.29, 1.82) is 0 Å². The summed E-state index contributed by atoms with van der Waals surface area (Å²) in [6, 6.07) is 5.54. The summed E-state index contributed by atoms with van der Waals surface area (Å²) in [7, 11) is 0. The number of ether oxygens (including phenoxy) is 1. The van der Waals surface area contributed by atoms with Gasteiger partial charge in [0.05, 0.1) is 4.47 Å². The van der Waals surface area contributed by atoms with E-state index in [9.17, 15) is 0 Å². The summed E-state index contributed by atoms with van der Waals surface area (Å²) in [6.07, 6.45) is 1.20. The average Bonchev–Trinajstić information content (AvgIpc) is 2.25. The molecule has 0 heterocycles. The second-order valence-corrected chi connectivity index (χ2v) is 5.65. The molecule has 0 saturated carbocycles. The molecule has 1 N–H and O–H groups in total. The minimum absolute atomic E-state index is 0.665. The molecule has 0 atom stereocenters. The highest BCUT2D eigenvalue weighted by Crippen LogP contribution is 2.27. The summed E-state index contributed by atoms with van der Waals surface area (Å²) in [5.41, 5.74) is 0. The summed E-state index contributed by atoms with van der Waals surface area (Å²) in [5.74, 6) is 1.58. The van der Waals surface area contributed by atoms with E-state index in [2.05, 4.69) is 35.1 Å². The van der Waals surface area contributed by atoms with Gasteiger partial charge in [-0.15, -0.1) is 0 Å². The normalized spacial score (nSPS) is 10.9. The summed E-state index contributed by atoms with van der Waals surface area (Å²) in [4.78, 5) is 0. The third-order valence-electron chi connectivity index (χ3n) is 2.33. The van der Waals surface area contributed by atoms with Crippen molar-refractivity contribution in [1.82, 2.24) is 5.32 Å². The van der Waals surface area contributed by atoms with Crippen LogP contribution in [0.5, 0.6) is 5.75 Å². The first-order valence-corrected chi connectivity index (χ1v) is 7.05. The van der Waals surface area contributed by atoms with Crippen LogP contribution in [0.2, 0.25) is 5.02 Å². The standard InChI is InChI=1S/C13H19BrClNO/c1-10(2)5-6-16-7-8-17-13-4-3-11(15)9-12(13)14/h3-4,9-10,16H,5-8H2,1-2H3. The molecule has 0 bridgehead atoms. The van der Waals surface area contributed by atoms with Gasteiger partial charge in [0.1, 0.15) is 12.4 Å². The first kappa shape index (κ1) is 14.8. The van der Waals surface area contributed by atoms with Gasteiger partial charge in [-0.1, -0.05) is 25.4 Å². The summed E-state index contributed by atoms with van der Waals surface area (Å²) < 4.78 is 6.53. The van der Waals surface area contributed by atoms with E-state index < -0.39 is 0 Å². The van der Waals surface area contributed by atoms with Crippen LogP contribution in [0, 0.1) is 5.92 Å². The second kappa shape index (κ2) is 7.96. The fourth-order valence-electron chi connectivity index (χ4n) is 1.34. The summed E-state index contributed by atoms with van der Waals surface area (Å²) in [5, 5.41) is 4.06. The van der Waals surface area contributed by atoms with E-state index in [4.69, 9.17) is 16.3 Å². The molecule has 0 aromatic heterocycles. The number of hydrogen-bond acceptors (Lipinski definition) is 2. The molecule has 2 nitrogen and oxygen atoms in total. The third-order valence-corrected chi connectivity index (χ3v) is 3.18. The van der Waals surface area contributed by atoms with Crippen molar-refractivity contribution in [2.75, 3.05) is 19.7 Å². The van der Waals surface area contributed by atoms with Gasteiger partial charge in [-0.2, -0.15) is 0 Å². The molecule has 0 aliphatic rings. The molecule has 1 aromatic rings. The minimum atomic E-state index is 0.665. The van der Waals surface area contributed by atoms with Crippen molar-refractivity contribution in [3.8, 4) is 5.75 Å². The Morgan fingerprint density at radius 2 is 2.12 bits per heavy atom. The Kier molecular flexibility index (Phi) is 6.93. The van der Waals surface area contributed by atoms with E-state index in [1.165, 1.54) is 6.42 Å². The summed E-state index contributed by atoms with van der Waals surface area (Å²) >= 11 is 9.27. The fourth-order valence-corrected chi connectivity index (χ4v) is 2.14. The highest BCUT2D eigenvalue weighted by Gasteiger charge is 2.01. The maximum atomic E-state index is 5.85. The van der Waals surface area contributed by atoms with Crippen LogP contribution in [0.4, 0.5) is 0 Å². The SMILES string of the molecule is CC(C)CCNCCOc1ccc(Cl)cc1Br. The second-order valence-electron chi connectivity index (χ2n) is 4.36. The van der Waals surface area contributed by atoms with Crippen molar-refractivity contribution in [2.24, 2.45) is 5.92 Å². The topological polar surface area (TPSA) is 21.3 Å². The van der Waals surface area contributed by atoms with Gasteiger partial charge in [0.15, 0.2) is 0 Å². The number of nitrogens with one attached hydrogen (secondary N) is 1. The Balaban J connectivity index is 2.18. The van der Waals surface area contributed by atoms with Crippen LogP contribution < -0.4 is 10.1 Å². The van der Waals surface area contributed by atoms with Gasteiger partial charge in [0.25, 0.3) is 0 Å². The van der Waals surface area contributed by atoms with Crippen LogP contribution in [-0.4, -0.2) is 19.7 Å². The maximum Gasteiger partial charge on any atom is 0.133 e.